The number of nitrogens with zero attached hydrogens (tertiary/aromatic N) is 6. The van der Waals surface area contributed by atoms with Gasteiger partial charge in [-0.05, 0) is 37.8 Å². The first kappa shape index (κ1) is 23.3. The molecule has 6 rings (SSSR count). The van der Waals surface area contributed by atoms with Crippen molar-refractivity contribution in [1.82, 2.24) is 28.6 Å². The van der Waals surface area contributed by atoms with Crippen molar-refractivity contribution in [3.8, 4) is 11.1 Å². The molecule has 188 valence electrons. The van der Waals surface area contributed by atoms with E-state index >= 15 is 0 Å². The number of aromatic nitrogens is 5. The molecule has 2 aliphatic rings. The summed E-state index contributed by atoms with van der Waals surface area (Å²) in [5.41, 5.74) is 3.39. The van der Waals surface area contributed by atoms with Gasteiger partial charge in [-0.25, -0.2) is 22.4 Å². The van der Waals surface area contributed by atoms with E-state index in [9.17, 15) is 8.42 Å². The maximum atomic E-state index is 13.5. The Hall–Kier alpha value is -3.08. The van der Waals surface area contributed by atoms with Crippen LogP contribution in [0, 0.1) is 0 Å². The van der Waals surface area contributed by atoms with Crippen LogP contribution >= 0.6 is 0 Å². The molecule has 1 saturated carbocycles. The van der Waals surface area contributed by atoms with Crippen LogP contribution in [0.25, 0.3) is 22.3 Å². The summed E-state index contributed by atoms with van der Waals surface area (Å²) in [6, 6.07) is 9.03. The molecule has 0 N–H and O–H groups in total. The Morgan fingerprint density at radius 3 is 2.42 bits per heavy atom. The average molecular weight is 507 g/mol. The lowest BCUT2D eigenvalue weighted by molar-refractivity contribution is 0.00721. The summed E-state index contributed by atoms with van der Waals surface area (Å²) in [6.45, 7) is 3.67. The smallest absolute Gasteiger partial charge is 0.269 e. The van der Waals surface area contributed by atoms with Gasteiger partial charge in [0.05, 0.1) is 36.2 Å². The van der Waals surface area contributed by atoms with E-state index in [2.05, 4.69) is 15.0 Å². The van der Waals surface area contributed by atoms with E-state index in [1.165, 1.54) is 3.97 Å². The molecule has 1 aromatic carbocycles. The van der Waals surface area contributed by atoms with Crippen LogP contribution in [0.15, 0.2) is 60.0 Å². The Kier molecular flexibility index (Phi) is 6.10. The van der Waals surface area contributed by atoms with Crippen LogP contribution in [-0.2, 0) is 21.8 Å². The molecule has 36 heavy (non-hydrogen) atoms. The summed E-state index contributed by atoms with van der Waals surface area (Å²) < 4.78 is 35.5. The predicted octanol–water partition coefficient (Wildman–Crippen LogP) is 3.43. The Bertz CT molecular complexity index is 1470. The summed E-state index contributed by atoms with van der Waals surface area (Å²) in [7, 11) is -1.99. The van der Waals surface area contributed by atoms with Gasteiger partial charge in [0.1, 0.15) is 5.52 Å². The maximum Gasteiger partial charge on any atom is 0.269 e. The second-order valence-electron chi connectivity index (χ2n) is 9.68. The lowest BCUT2D eigenvalue weighted by atomic mass is 9.83. The summed E-state index contributed by atoms with van der Waals surface area (Å²) in [5, 5.41) is 4.29. The topological polar surface area (TPSA) is 95.1 Å². The van der Waals surface area contributed by atoms with Gasteiger partial charge in [-0.2, -0.15) is 5.10 Å². The minimum Gasteiger partial charge on any atom is -0.379 e. The van der Waals surface area contributed by atoms with Crippen LogP contribution in [0.1, 0.15) is 37.3 Å². The van der Waals surface area contributed by atoms with Crippen molar-refractivity contribution in [3.05, 3.63) is 60.8 Å². The van der Waals surface area contributed by atoms with Gasteiger partial charge in [0.25, 0.3) is 10.0 Å². The molecular weight excluding hydrogens is 476 g/mol. The minimum absolute atomic E-state index is 0.215. The van der Waals surface area contributed by atoms with Crippen LogP contribution < -0.4 is 0 Å². The van der Waals surface area contributed by atoms with Gasteiger partial charge >= 0.3 is 0 Å². The molecule has 4 heterocycles. The fourth-order valence-electron chi connectivity index (χ4n) is 5.51. The second-order valence-corrected chi connectivity index (χ2v) is 11.5. The molecule has 0 unspecified atom stereocenters. The van der Waals surface area contributed by atoms with Crippen molar-refractivity contribution in [2.45, 2.75) is 42.5 Å². The van der Waals surface area contributed by atoms with Crippen LogP contribution in [0.5, 0.6) is 0 Å². The van der Waals surface area contributed by atoms with Gasteiger partial charge in [-0.15, -0.1) is 0 Å². The number of fused-ring (bicyclic) bond motifs is 1. The fraction of sp³-hybridized carbons (Fsp3) is 0.423. The van der Waals surface area contributed by atoms with E-state index in [1.54, 1.807) is 53.6 Å². The molecule has 1 aliphatic carbocycles. The second kappa shape index (κ2) is 9.42. The Morgan fingerprint density at radius 2 is 1.72 bits per heavy atom. The first-order valence-corrected chi connectivity index (χ1v) is 13.9. The largest absolute Gasteiger partial charge is 0.379 e. The number of aryl methyl sites for hydroxylation is 1. The first-order chi connectivity index (χ1) is 17.5. The minimum atomic E-state index is -3.83. The van der Waals surface area contributed by atoms with E-state index in [0.717, 1.165) is 63.2 Å². The Balaban J connectivity index is 1.36. The van der Waals surface area contributed by atoms with Gasteiger partial charge in [-0.3, -0.25) is 9.58 Å². The number of benzene rings is 1. The Labute approximate surface area is 210 Å². The van der Waals surface area contributed by atoms with E-state index in [-0.39, 0.29) is 4.90 Å². The zero-order valence-corrected chi connectivity index (χ0v) is 21.1. The van der Waals surface area contributed by atoms with Gasteiger partial charge in [0.15, 0.2) is 5.65 Å². The van der Waals surface area contributed by atoms with E-state index in [1.807, 2.05) is 13.2 Å². The number of ether oxygens (including phenoxy) is 1. The molecular formula is C26H30N6O3S. The van der Waals surface area contributed by atoms with Crippen molar-refractivity contribution in [3.63, 3.8) is 0 Å². The van der Waals surface area contributed by atoms with E-state index in [4.69, 9.17) is 9.72 Å². The average Bonchev–Trinajstić information content (AvgIpc) is 3.53. The highest BCUT2D eigenvalue weighted by atomic mass is 32.2. The molecule has 1 aliphatic heterocycles. The SMILES string of the molecule is Cn1cc(-c2cn(S(=O)(=O)c3ccccc3)c3ncc([C@H]4CC[C@H](N5CCOCC5)CC4)nc23)cn1. The molecule has 10 heteroatoms. The van der Waals surface area contributed by atoms with Crippen molar-refractivity contribution in [1.29, 1.82) is 0 Å². The molecule has 4 aromatic rings. The molecule has 0 atom stereocenters. The van der Waals surface area contributed by atoms with Gasteiger partial charge in [0.2, 0.25) is 0 Å². The Morgan fingerprint density at radius 1 is 0.972 bits per heavy atom. The van der Waals surface area contributed by atoms with Crippen LogP contribution in [0.4, 0.5) is 0 Å². The fourth-order valence-corrected chi connectivity index (χ4v) is 6.85. The van der Waals surface area contributed by atoms with Crippen molar-refractivity contribution < 1.29 is 13.2 Å². The van der Waals surface area contributed by atoms with Crippen molar-refractivity contribution >= 4 is 21.2 Å². The maximum absolute atomic E-state index is 13.5. The summed E-state index contributed by atoms with van der Waals surface area (Å²) in [6.07, 6.45) is 11.4. The number of hydrogen-bond donors (Lipinski definition) is 0. The van der Waals surface area contributed by atoms with Crippen molar-refractivity contribution in [2.24, 2.45) is 7.05 Å². The van der Waals surface area contributed by atoms with Gasteiger partial charge in [0, 0.05) is 55.6 Å². The van der Waals surface area contributed by atoms with Crippen molar-refractivity contribution in [2.75, 3.05) is 26.3 Å². The molecule has 9 nitrogen and oxygen atoms in total. The molecule has 0 amide bonds. The lowest BCUT2D eigenvalue weighted by Gasteiger charge is -2.38. The monoisotopic (exact) mass is 506 g/mol. The zero-order chi connectivity index (χ0) is 24.7. The molecule has 1 saturated heterocycles. The lowest BCUT2D eigenvalue weighted by Crippen LogP contribution is -2.44. The number of rotatable bonds is 5. The molecule has 0 radical (unpaired) electrons. The summed E-state index contributed by atoms with van der Waals surface area (Å²) >= 11 is 0. The van der Waals surface area contributed by atoms with Gasteiger partial charge < -0.3 is 4.74 Å². The van der Waals surface area contributed by atoms with Crippen LogP contribution in [0.2, 0.25) is 0 Å². The molecule has 0 bridgehead atoms. The van der Waals surface area contributed by atoms with E-state index < -0.39 is 10.0 Å². The molecule has 2 fully saturated rings. The third-order valence-electron chi connectivity index (χ3n) is 7.47. The molecule has 0 spiro atoms. The predicted molar refractivity (Wildman–Crippen MR) is 136 cm³/mol. The molecule has 3 aromatic heterocycles. The highest BCUT2D eigenvalue weighted by Gasteiger charge is 2.30. The summed E-state index contributed by atoms with van der Waals surface area (Å²) in [4.78, 5) is 12.5. The summed E-state index contributed by atoms with van der Waals surface area (Å²) in [5.74, 6) is 0.315. The van der Waals surface area contributed by atoms with Crippen LogP contribution in [-0.4, -0.2) is 69.4 Å². The highest BCUT2D eigenvalue weighted by Crippen LogP contribution is 2.36. The highest BCUT2D eigenvalue weighted by molar-refractivity contribution is 7.90. The number of morpholine rings is 1. The van der Waals surface area contributed by atoms with Crippen LogP contribution in [0.3, 0.4) is 0 Å². The normalized spacial score (nSPS) is 21.7. The van der Waals surface area contributed by atoms with E-state index in [0.29, 0.717) is 28.7 Å². The third kappa shape index (κ3) is 4.23. The zero-order valence-electron chi connectivity index (χ0n) is 20.3. The standard InChI is InChI=1S/C26H30N6O3S/c1-30-17-20(15-28-30)23-18-32(36(33,34)22-5-3-2-4-6-22)26-25(23)29-24(16-27-26)19-7-9-21(10-8-19)31-11-13-35-14-12-31/h2-6,15-19,21H,7-14H2,1H3/t19-,21-. The first-order valence-electron chi connectivity index (χ1n) is 12.5. The quantitative estimate of drug-likeness (QED) is 0.409. The number of hydrogen-bond acceptors (Lipinski definition) is 7. The third-order valence-corrected chi connectivity index (χ3v) is 9.14. The van der Waals surface area contributed by atoms with Gasteiger partial charge in [-0.1, -0.05) is 18.2 Å².